The van der Waals surface area contributed by atoms with Crippen LogP contribution in [-0.2, 0) is 10.0 Å². The van der Waals surface area contributed by atoms with Gasteiger partial charge in [-0.05, 0) is 13.8 Å². The van der Waals surface area contributed by atoms with E-state index in [1.165, 1.54) is 18.3 Å². The van der Waals surface area contributed by atoms with Gasteiger partial charge in [0.05, 0.1) is 10.7 Å². The maximum absolute atomic E-state index is 11.6. The number of aromatic nitrogens is 1. The molecule has 0 radical (unpaired) electrons. The summed E-state index contributed by atoms with van der Waals surface area (Å²) in [5.41, 5.74) is 6.04. The van der Waals surface area contributed by atoms with Gasteiger partial charge in [0.15, 0.2) is 5.13 Å². The van der Waals surface area contributed by atoms with Gasteiger partial charge in [-0.25, -0.2) is 13.4 Å². The smallest absolute Gasteiger partial charge is 0.243 e. The number of hydrogen-bond acceptors (Lipinski definition) is 5. The van der Waals surface area contributed by atoms with Crippen molar-refractivity contribution in [3.05, 3.63) is 11.1 Å². The molecule has 0 aliphatic carbocycles. The fraction of sp³-hybridized carbons (Fsp3) is 0.429. The Labute approximate surface area is 97.8 Å². The van der Waals surface area contributed by atoms with Crippen molar-refractivity contribution >= 4 is 43.7 Å². The van der Waals surface area contributed by atoms with Gasteiger partial charge in [-0.3, -0.25) is 4.72 Å². The highest BCUT2D eigenvalue weighted by atomic mass is 32.2. The van der Waals surface area contributed by atoms with E-state index < -0.39 is 15.3 Å². The topological polar surface area (TPSA) is 85.1 Å². The molecule has 84 valence electrons. The molecule has 0 fully saturated rings. The Morgan fingerprint density at radius 1 is 1.73 bits per heavy atom. The predicted molar refractivity (Wildman–Crippen MR) is 65.6 cm³/mol. The summed E-state index contributed by atoms with van der Waals surface area (Å²) in [6.07, 6.45) is 0. The van der Waals surface area contributed by atoms with Crippen molar-refractivity contribution in [2.75, 3.05) is 4.72 Å². The largest absolute Gasteiger partial charge is 0.392 e. The summed E-state index contributed by atoms with van der Waals surface area (Å²) >= 11 is 5.85. The number of aryl methyl sites for hydroxylation is 1. The first kappa shape index (κ1) is 12.3. The Hall–Kier alpha value is -0.730. The Morgan fingerprint density at radius 3 is 2.73 bits per heavy atom. The Bertz CT molecular complexity index is 466. The van der Waals surface area contributed by atoms with Crippen LogP contribution in [0.4, 0.5) is 5.13 Å². The van der Waals surface area contributed by atoms with Crippen molar-refractivity contribution in [2.24, 2.45) is 5.73 Å². The van der Waals surface area contributed by atoms with E-state index in [0.29, 0.717) is 5.13 Å². The lowest BCUT2D eigenvalue weighted by molar-refractivity contribution is 0.598. The van der Waals surface area contributed by atoms with Gasteiger partial charge in [-0.2, -0.15) is 0 Å². The average Bonchev–Trinajstić information content (AvgIpc) is 2.48. The highest BCUT2D eigenvalue weighted by Crippen LogP contribution is 2.17. The van der Waals surface area contributed by atoms with Crippen LogP contribution in [0, 0.1) is 6.92 Å². The van der Waals surface area contributed by atoms with Gasteiger partial charge in [0, 0.05) is 5.38 Å². The Balaban J connectivity index is 2.86. The molecule has 0 saturated heterocycles. The molecule has 1 heterocycles. The lowest BCUT2D eigenvalue weighted by Crippen LogP contribution is -2.35. The van der Waals surface area contributed by atoms with E-state index in [0.717, 1.165) is 5.69 Å². The van der Waals surface area contributed by atoms with Crippen LogP contribution in [0.15, 0.2) is 5.38 Å². The monoisotopic (exact) mass is 265 g/mol. The van der Waals surface area contributed by atoms with Crippen LogP contribution in [0.2, 0.25) is 0 Å². The number of rotatable bonds is 4. The molecule has 1 atom stereocenters. The van der Waals surface area contributed by atoms with E-state index in [9.17, 15) is 8.42 Å². The first-order chi connectivity index (χ1) is 6.83. The van der Waals surface area contributed by atoms with Gasteiger partial charge in [0.25, 0.3) is 0 Å². The van der Waals surface area contributed by atoms with E-state index in [1.54, 1.807) is 12.3 Å². The molecule has 0 aromatic carbocycles. The number of thiocarbonyl (C=S) groups is 1. The molecule has 0 amide bonds. The van der Waals surface area contributed by atoms with Gasteiger partial charge < -0.3 is 5.73 Å². The van der Waals surface area contributed by atoms with Crippen LogP contribution in [0.3, 0.4) is 0 Å². The van der Waals surface area contributed by atoms with E-state index in [1.807, 2.05) is 0 Å². The maximum Gasteiger partial charge on any atom is 0.243 e. The second-order valence-electron chi connectivity index (χ2n) is 2.99. The number of nitrogens with zero attached hydrogens (tertiary/aromatic N) is 1. The summed E-state index contributed by atoms with van der Waals surface area (Å²) < 4.78 is 25.6. The highest BCUT2D eigenvalue weighted by Gasteiger charge is 2.24. The minimum Gasteiger partial charge on any atom is -0.392 e. The molecule has 0 spiro atoms. The van der Waals surface area contributed by atoms with Crippen molar-refractivity contribution < 1.29 is 8.42 Å². The van der Waals surface area contributed by atoms with E-state index in [4.69, 9.17) is 5.73 Å². The highest BCUT2D eigenvalue weighted by molar-refractivity contribution is 7.95. The normalized spacial score (nSPS) is 13.5. The summed E-state index contributed by atoms with van der Waals surface area (Å²) in [5, 5.41) is 1.18. The number of sulfonamides is 1. The standard InChI is InChI=1S/C7H11N3O2S3/c1-4-3-14-7(9-4)10-15(11,12)5(2)6(8)13/h3,5H,1-2H3,(H2,8,13)(H,9,10). The van der Waals surface area contributed by atoms with Gasteiger partial charge >= 0.3 is 0 Å². The van der Waals surface area contributed by atoms with Crippen molar-refractivity contribution in [3.8, 4) is 0 Å². The van der Waals surface area contributed by atoms with Crippen molar-refractivity contribution in [1.82, 2.24) is 4.98 Å². The molecule has 1 unspecified atom stereocenters. The molecule has 5 nitrogen and oxygen atoms in total. The first-order valence-electron chi connectivity index (χ1n) is 4.06. The zero-order valence-electron chi connectivity index (χ0n) is 8.22. The molecule has 0 aliphatic heterocycles. The number of nitrogens with two attached hydrogens (primary N) is 1. The van der Waals surface area contributed by atoms with Crippen molar-refractivity contribution in [3.63, 3.8) is 0 Å². The average molecular weight is 265 g/mol. The first-order valence-corrected chi connectivity index (χ1v) is 6.89. The summed E-state index contributed by atoms with van der Waals surface area (Å²) in [6.45, 7) is 3.22. The van der Waals surface area contributed by atoms with Crippen LogP contribution < -0.4 is 10.5 Å². The molecule has 8 heteroatoms. The molecule has 0 saturated carbocycles. The number of hydrogen-bond donors (Lipinski definition) is 2. The van der Waals surface area contributed by atoms with Crippen LogP contribution in [0.1, 0.15) is 12.6 Å². The molecular formula is C7H11N3O2S3. The lowest BCUT2D eigenvalue weighted by Gasteiger charge is -2.10. The lowest BCUT2D eigenvalue weighted by atomic mass is 10.5. The van der Waals surface area contributed by atoms with Crippen LogP contribution in [0.25, 0.3) is 0 Å². The second kappa shape index (κ2) is 4.42. The van der Waals surface area contributed by atoms with Gasteiger partial charge in [0.1, 0.15) is 5.25 Å². The Morgan fingerprint density at radius 2 is 2.33 bits per heavy atom. The molecule has 1 aromatic rings. The zero-order chi connectivity index (χ0) is 11.6. The summed E-state index contributed by atoms with van der Waals surface area (Å²) in [7, 11) is -3.57. The Kier molecular flexibility index (Phi) is 3.63. The van der Waals surface area contributed by atoms with Gasteiger partial charge in [-0.1, -0.05) is 12.2 Å². The maximum atomic E-state index is 11.6. The molecule has 0 bridgehead atoms. The van der Waals surface area contributed by atoms with E-state index >= 15 is 0 Å². The van der Waals surface area contributed by atoms with Crippen molar-refractivity contribution in [1.29, 1.82) is 0 Å². The van der Waals surface area contributed by atoms with Crippen LogP contribution in [-0.4, -0.2) is 23.6 Å². The third-order valence-corrected chi connectivity index (χ3v) is 4.88. The fourth-order valence-electron chi connectivity index (χ4n) is 0.764. The van der Waals surface area contributed by atoms with Gasteiger partial charge in [0.2, 0.25) is 10.0 Å². The molecule has 3 N–H and O–H groups in total. The van der Waals surface area contributed by atoms with E-state index in [2.05, 4.69) is 21.9 Å². The minimum absolute atomic E-state index is 0.0595. The van der Waals surface area contributed by atoms with Crippen molar-refractivity contribution in [2.45, 2.75) is 19.1 Å². The number of anilines is 1. The quantitative estimate of drug-likeness (QED) is 0.789. The second-order valence-corrected chi connectivity index (χ2v) is 6.32. The minimum atomic E-state index is -3.57. The molecule has 0 aliphatic rings. The fourth-order valence-corrected chi connectivity index (χ4v) is 2.99. The van der Waals surface area contributed by atoms with Gasteiger partial charge in [-0.15, -0.1) is 11.3 Å². The molecular weight excluding hydrogens is 254 g/mol. The number of thiazole rings is 1. The SMILES string of the molecule is Cc1csc(NS(=O)(=O)C(C)C(N)=S)n1. The summed E-state index contributed by atoms with van der Waals surface area (Å²) in [5.74, 6) is 0. The summed E-state index contributed by atoms with van der Waals surface area (Å²) in [4.78, 5) is 3.92. The molecule has 1 rings (SSSR count). The number of nitrogens with one attached hydrogen (secondary N) is 1. The molecule has 1 aromatic heterocycles. The third-order valence-electron chi connectivity index (χ3n) is 1.71. The van der Waals surface area contributed by atoms with E-state index in [-0.39, 0.29) is 4.99 Å². The predicted octanol–water partition coefficient (Wildman–Crippen LogP) is 0.868. The van der Waals surface area contributed by atoms with Crippen LogP contribution in [0.5, 0.6) is 0 Å². The van der Waals surface area contributed by atoms with Crippen LogP contribution >= 0.6 is 23.6 Å². The molecule has 15 heavy (non-hydrogen) atoms. The zero-order valence-corrected chi connectivity index (χ0v) is 10.7. The summed E-state index contributed by atoms with van der Waals surface area (Å²) in [6, 6.07) is 0. The third kappa shape index (κ3) is 3.11.